The van der Waals surface area contributed by atoms with Gasteiger partial charge in [-0.15, -0.1) is 0 Å². The van der Waals surface area contributed by atoms with Crippen molar-refractivity contribution in [1.29, 1.82) is 0 Å². The normalized spacial score (nSPS) is 15.3. The number of hydrogen-bond acceptors (Lipinski definition) is 2. The second-order valence-corrected chi connectivity index (χ2v) is 7.38. The summed E-state index contributed by atoms with van der Waals surface area (Å²) in [5.74, 6) is 0. The van der Waals surface area contributed by atoms with Crippen LogP contribution in [0.2, 0.25) is 0 Å². The molecule has 144 valence electrons. The predicted octanol–water partition coefficient (Wildman–Crippen LogP) is 6.73. The highest BCUT2D eigenvalue weighted by atomic mass is 15.0. The highest BCUT2D eigenvalue weighted by Crippen LogP contribution is 2.29. The molecule has 2 heteroatoms. The minimum atomic E-state index is 0.0138. The summed E-state index contributed by atoms with van der Waals surface area (Å²) >= 11 is 0. The van der Waals surface area contributed by atoms with Crippen LogP contribution in [-0.2, 0) is 0 Å². The Morgan fingerprint density at radius 2 is 0.967 bits per heavy atom. The van der Waals surface area contributed by atoms with Crippen LogP contribution in [0.4, 0.5) is 0 Å². The molecule has 0 radical (unpaired) electrons. The summed E-state index contributed by atoms with van der Waals surface area (Å²) in [7, 11) is 0. The summed E-state index contributed by atoms with van der Waals surface area (Å²) in [5.41, 5.74) is 8.33. The molecule has 0 bridgehead atoms. The quantitative estimate of drug-likeness (QED) is 0.413. The molecule has 1 unspecified atom stereocenters. The molecule has 2 nitrogen and oxygen atoms in total. The van der Waals surface area contributed by atoms with Crippen molar-refractivity contribution < 1.29 is 0 Å². The van der Waals surface area contributed by atoms with Gasteiger partial charge in [0.15, 0.2) is 0 Å². The zero-order chi connectivity index (χ0) is 20.2. The number of rotatable bonds is 4. The average molecular weight is 386 g/mol. The summed E-state index contributed by atoms with van der Waals surface area (Å²) < 4.78 is 0. The van der Waals surface area contributed by atoms with Gasteiger partial charge in [-0.3, -0.25) is 4.99 Å². The van der Waals surface area contributed by atoms with Crippen LogP contribution in [0.5, 0.6) is 0 Å². The molecule has 1 aliphatic rings. The van der Waals surface area contributed by atoms with Crippen molar-refractivity contribution in [3.8, 4) is 22.3 Å². The van der Waals surface area contributed by atoms with E-state index in [1.54, 1.807) is 6.34 Å². The van der Waals surface area contributed by atoms with Gasteiger partial charge in [-0.25, -0.2) is 0 Å². The summed E-state index contributed by atoms with van der Waals surface area (Å²) in [6.45, 7) is 0. The highest BCUT2D eigenvalue weighted by molar-refractivity contribution is 5.80. The second-order valence-electron chi connectivity index (χ2n) is 7.38. The molecule has 4 aromatic carbocycles. The lowest BCUT2D eigenvalue weighted by Gasteiger charge is -2.18. The molecular formula is C28H22N2. The molecule has 0 fully saturated rings. The first-order valence-electron chi connectivity index (χ1n) is 10.2. The van der Waals surface area contributed by atoms with Crippen molar-refractivity contribution in [3.05, 3.63) is 126 Å². The molecule has 1 aliphatic heterocycles. The fourth-order valence-corrected chi connectivity index (χ4v) is 3.77. The van der Waals surface area contributed by atoms with Crippen molar-refractivity contribution in [2.45, 2.75) is 6.04 Å². The lowest BCUT2D eigenvalue weighted by Crippen LogP contribution is -2.15. The third kappa shape index (κ3) is 3.81. The van der Waals surface area contributed by atoms with Gasteiger partial charge >= 0.3 is 0 Å². The van der Waals surface area contributed by atoms with Crippen LogP contribution in [0.15, 0.2) is 120 Å². The van der Waals surface area contributed by atoms with Crippen LogP contribution in [0.25, 0.3) is 28.0 Å². The third-order valence-electron chi connectivity index (χ3n) is 5.44. The molecule has 0 aromatic heterocycles. The van der Waals surface area contributed by atoms with Crippen LogP contribution < -0.4 is 5.32 Å². The molecule has 1 heterocycles. The van der Waals surface area contributed by atoms with Gasteiger partial charge in [0.2, 0.25) is 0 Å². The lowest BCUT2D eigenvalue weighted by molar-refractivity contribution is 0.892. The molecule has 1 atom stereocenters. The maximum atomic E-state index is 4.63. The van der Waals surface area contributed by atoms with Crippen LogP contribution >= 0.6 is 0 Å². The summed E-state index contributed by atoms with van der Waals surface area (Å²) in [4.78, 5) is 4.63. The molecule has 0 amide bonds. The molecule has 0 spiro atoms. The van der Waals surface area contributed by atoms with Gasteiger partial charge in [0, 0.05) is 5.70 Å². The van der Waals surface area contributed by atoms with Gasteiger partial charge in [-0.05, 0) is 39.5 Å². The van der Waals surface area contributed by atoms with Crippen molar-refractivity contribution in [2.24, 2.45) is 4.99 Å². The van der Waals surface area contributed by atoms with Gasteiger partial charge < -0.3 is 5.32 Å². The van der Waals surface area contributed by atoms with Crippen LogP contribution in [0, 0.1) is 0 Å². The largest absolute Gasteiger partial charge is 0.346 e. The van der Waals surface area contributed by atoms with E-state index in [9.17, 15) is 0 Å². The Kier molecular flexibility index (Phi) is 4.97. The van der Waals surface area contributed by atoms with E-state index in [4.69, 9.17) is 0 Å². The SMILES string of the molecule is C1=NC(c2ccc(-c3ccccc3)cc2)C=C(c2ccc(-c3ccccc3)cc2)N1. The zero-order valence-electron chi connectivity index (χ0n) is 16.6. The molecule has 1 N–H and O–H groups in total. The number of nitrogens with zero attached hydrogens (tertiary/aromatic N) is 1. The second kappa shape index (κ2) is 8.22. The van der Waals surface area contributed by atoms with E-state index >= 15 is 0 Å². The fraction of sp³-hybridized carbons (Fsp3) is 0.0357. The van der Waals surface area contributed by atoms with E-state index in [0.717, 1.165) is 11.3 Å². The molecule has 0 aliphatic carbocycles. The topological polar surface area (TPSA) is 24.4 Å². The van der Waals surface area contributed by atoms with Gasteiger partial charge in [0.25, 0.3) is 0 Å². The van der Waals surface area contributed by atoms with Gasteiger partial charge in [0.05, 0.1) is 12.4 Å². The maximum Gasteiger partial charge on any atom is 0.0970 e. The highest BCUT2D eigenvalue weighted by Gasteiger charge is 2.13. The average Bonchev–Trinajstić information content (AvgIpc) is 2.85. The summed E-state index contributed by atoms with van der Waals surface area (Å²) in [6, 6.07) is 38.2. The Balaban J connectivity index is 1.37. The van der Waals surface area contributed by atoms with Gasteiger partial charge in [-0.2, -0.15) is 0 Å². The van der Waals surface area contributed by atoms with E-state index in [-0.39, 0.29) is 6.04 Å². The van der Waals surface area contributed by atoms with Crippen molar-refractivity contribution in [1.82, 2.24) is 5.32 Å². The Hall–Kier alpha value is -3.91. The Labute approximate surface area is 177 Å². The third-order valence-corrected chi connectivity index (χ3v) is 5.44. The van der Waals surface area contributed by atoms with Gasteiger partial charge in [-0.1, -0.05) is 109 Å². The number of nitrogens with one attached hydrogen (secondary N) is 1. The standard InChI is InChI=1S/C28H22N2/c1-3-7-21(8-4-1)23-11-15-25(16-12-23)27-19-28(30-20-29-27)26-17-13-24(14-18-26)22-9-5-2-6-10-22/h1-20,27H,(H,29,30). The maximum absolute atomic E-state index is 4.63. The first-order chi connectivity index (χ1) is 14.9. The Bertz CT molecular complexity index is 1170. The Morgan fingerprint density at radius 3 is 1.53 bits per heavy atom. The number of hydrogen-bond donors (Lipinski definition) is 1. The van der Waals surface area contributed by atoms with Gasteiger partial charge in [0.1, 0.15) is 0 Å². The van der Waals surface area contributed by atoms with E-state index in [1.165, 1.54) is 27.8 Å². The number of benzene rings is 4. The van der Waals surface area contributed by atoms with E-state index in [1.807, 2.05) is 12.1 Å². The van der Waals surface area contributed by atoms with E-state index < -0.39 is 0 Å². The van der Waals surface area contributed by atoms with Crippen molar-refractivity contribution >= 4 is 12.0 Å². The monoisotopic (exact) mass is 386 g/mol. The first kappa shape index (κ1) is 18.1. The van der Waals surface area contributed by atoms with Crippen LogP contribution in [0.3, 0.4) is 0 Å². The van der Waals surface area contributed by atoms with E-state index in [2.05, 4.69) is 113 Å². The molecule has 0 saturated carbocycles. The molecule has 0 saturated heterocycles. The van der Waals surface area contributed by atoms with Crippen LogP contribution in [0.1, 0.15) is 17.2 Å². The minimum absolute atomic E-state index is 0.0138. The smallest absolute Gasteiger partial charge is 0.0970 e. The fourth-order valence-electron chi connectivity index (χ4n) is 3.77. The molecule has 4 aromatic rings. The first-order valence-corrected chi connectivity index (χ1v) is 10.2. The minimum Gasteiger partial charge on any atom is -0.346 e. The number of aliphatic imine (C=N–C) groups is 1. The lowest BCUT2D eigenvalue weighted by atomic mass is 9.98. The summed E-state index contributed by atoms with van der Waals surface area (Å²) in [5, 5.41) is 3.30. The zero-order valence-corrected chi connectivity index (χ0v) is 16.6. The van der Waals surface area contributed by atoms with Crippen LogP contribution in [-0.4, -0.2) is 6.34 Å². The Morgan fingerprint density at radius 1 is 0.500 bits per heavy atom. The van der Waals surface area contributed by atoms with Crippen molar-refractivity contribution in [2.75, 3.05) is 0 Å². The predicted molar refractivity (Wildman–Crippen MR) is 126 cm³/mol. The molecular weight excluding hydrogens is 364 g/mol. The molecule has 30 heavy (non-hydrogen) atoms. The van der Waals surface area contributed by atoms with E-state index in [0.29, 0.717) is 0 Å². The van der Waals surface area contributed by atoms with Crippen molar-refractivity contribution in [3.63, 3.8) is 0 Å². The molecule has 5 rings (SSSR count). The summed E-state index contributed by atoms with van der Waals surface area (Å²) in [6.07, 6.45) is 3.99.